The molecule has 1 atom stereocenters. The highest BCUT2D eigenvalue weighted by Gasteiger charge is 2.17. The lowest BCUT2D eigenvalue weighted by Gasteiger charge is -2.16. The Labute approximate surface area is 91.6 Å². The summed E-state index contributed by atoms with van der Waals surface area (Å²) in [7, 11) is 1.63. The minimum Gasteiger partial charge on any atom is -0.382 e. The van der Waals surface area contributed by atoms with Gasteiger partial charge in [0.15, 0.2) is 0 Å². The molecule has 0 aromatic rings. The van der Waals surface area contributed by atoms with Crippen molar-refractivity contribution in [1.29, 1.82) is 5.26 Å². The molecule has 4 heteroatoms. The fourth-order valence-corrected chi connectivity index (χ4v) is 0.900. The molecule has 4 nitrogen and oxygen atoms in total. The molecule has 0 aliphatic carbocycles. The van der Waals surface area contributed by atoms with Crippen LogP contribution in [-0.2, 0) is 9.53 Å². The van der Waals surface area contributed by atoms with Crippen LogP contribution in [0.2, 0.25) is 0 Å². The van der Waals surface area contributed by atoms with E-state index < -0.39 is 5.41 Å². The number of methoxy groups -OCH3 is 1. The first-order chi connectivity index (χ1) is 6.91. The molecule has 0 saturated carbocycles. The summed E-state index contributed by atoms with van der Waals surface area (Å²) in [4.78, 5) is 11.3. The number of hydrogen-bond donors (Lipinski definition) is 1. The number of carbonyl (C=O) groups excluding carboxylic acids is 1. The van der Waals surface area contributed by atoms with Crippen LogP contribution >= 0.6 is 0 Å². The summed E-state index contributed by atoms with van der Waals surface area (Å²) >= 11 is 0. The molecule has 0 spiro atoms. The maximum absolute atomic E-state index is 11.3. The van der Waals surface area contributed by atoms with E-state index in [0.29, 0.717) is 19.4 Å². The molecule has 0 bridgehead atoms. The van der Waals surface area contributed by atoms with Crippen molar-refractivity contribution in [3.63, 3.8) is 0 Å². The van der Waals surface area contributed by atoms with Crippen LogP contribution in [0.3, 0.4) is 0 Å². The fraction of sp³-hybridized carbons (Fsp3) is 0.818. The van der Waals surface area contributed by atoms with Crippen LogP contribution in [0.1, 0.15) is 33.6 Å². The van der Waals surface area contributed by atoms with Crippen molar-refractivity contribution < 1.29 is 9.53 Å². The molecular formula is C11H20N2O2. The topological polar surface area (TPSA) is 62.1 Å². The number of ether oxygens (including phenoxy) is 1. The van der Waals surface area contributed by atoms with Gasteiger partial charge in [-0.05, 0) is 27.2 Å². The summed E-state index contributed by atoms with van der Waals surface area (Å²) in [6.45, 7) is 5.91. The first kappa shape index (κ1) is 13.9. The van der Waals surface area contributed by atoms with Gasteiger partial charge in [0, 0.05) is 20.1 Å². The van der Waals surface area contributed by atoms with Gasteiger partial charge in [0.05, 0.1) is 17.6 Å². The minimum atomic E-state index is -0.497. The lowest BCUT2D eigenvalue weighted by Crippen LogP contribution is -2.33. The number of hydrogen-bond acceptors (Lipinski definition) is 3. The molecule has 86 valence electrons. The summed E-state index contributed by atoms with van der Waals surface area (Å²) < 4.78 is 5.03. The predicted molar refractivity (Wildman–Crippen MR) is 58.1 cm³/mol. The van der Waals surface area contributed by atoms with Crippen LogP contribution in [0.4, 0.5) is 0 Å². The van der Waals surface area contributed by atoms with Crippen LogP contribution in [0.15, 0.2) is 0 Å². The molecular weight excluding hydrogens is 192 g/mol. The Kier molecular flexibility index (Phi) is 5.95. The minimum absolute atomic E-state index is 0.0257. The largest absolute Gasteiger partial charge is 0.382 e. The number of rotatable bonds is 6. The Morgan fingerprint density at radius 1 is 1.60 bits per heavy atom. The molecule has 1 unspecified atom stereocenters. The van der Waals surface area contributed by atoms with Gasteiger partial charge >= 0.3 is 0 Å². The first-order valence-electron chi connectivity index (χ1n) is 5.12. The van der Waals surface area contributed by atoms with Crippen molar-refractivity contribution in [2.24, 2.45) is 5.41 Å². The standard InChI is InChI=1S/C11H20N2O2/c1-9(15-4)5-6-10(14)13-8-11(2,3)7-12/h9H,5-6,8H2,1-4H3,(H,13,14). The van der Waals surface area contributed by atoms with Crippen LogP contribution < -0.4 is 5.32 Å². The first-order valence-corrected chi connectivity index (χ1v) is 5.12. The van der Waals surface area contributed by atoms with E-state index in [1.807, 2.05) is 6.92 Å². The lowest BCUT2D eigenvalue weighted by atomic mass is 9.96. The van der Waals surface area contributed by atoms with Crippen molar-refractivity contribution in [2.45, 2.75) is 39.7 Å². The van der Waals surface area contributed by atoms with Crippen molar-refractivity contribution >= 4 is 5.91 Å². The quantitative estimate of drug-likeness (QED) is 0.725. The zero-order valence-electron chi connectivity index (χ0n) is 9.96. The average molecular weight is 212 g/mol. The van der Waals surface area contributed by atoms with Crippen molar-refractivity contribution in [3.8, 4) is 6.07 Å². The summed E-state index contributed by atoms with van der Waals surface area (Å²) in [6.07, 6.45) is 1.24. The van der Waals surface area contributed by atoms with Crippen LogP contribution in [0.25, 0.3) is 0 Å². The number of nitrogens with one attached hydrogen (secondary N) is 1. The van der Waals surface area contributed by atoms with Crippen molar-refractivity contribution in [1.82, 2.24) is 5.32 Å². The van der Waals surface area contributed by atoms with E-state index in [0.717, 1.165) is 0 Å². The molecule has 0 aromatic carbocycles. The van der Waals surface area contributed by atoms with Gasteiger partial charge in [0.1, 0.15) is 0 Å². The second-order valence-corrected chi connectivity index (χ2v) is 4.36. The zero-order chi connectivity index (χ0) is 11.9. The number of nitrogens with zero attached hydrogens (tertiary/aromatic N) is 1. The molecule has 0 aliphatic rings. The van der Waals surface area contributed by atoms with Gasteiger partial charge in [0.2, 0.25) is 5.91 Å². The molecule has 0 aromatic heterocycles. The molecule has 1 N–H and O–H groups in total. The second-order valence-electron chi connectivity index (χ2n) is 4.36. The molecule has 0 radical (unpaired) electrons. The van der Waals surface area contributed by atoms with Gasteiger partial charge in [-0.25, -0.2) is 0 Å². The Hall–Kier alpha value is -1.08. The van der Waals surface area contributed by atoms with E-state index in [9.17, 15) is 4.79 Å². The van der Waals surface area contributed by atoms with Gasteiger partial charge in [-0.1, -0.05) is 0 Å². The highest BCUT2D eigenvalue weighted by Crippen LogP contribution is 2.10. The monoisotopic (exact) mass is 212 g/mol. The summed E-state index contributed by atoms with van der Waals surface area (Å²) in [5.41, 5.74) is -0.497. The van der Waals surface area contributed by atoms with Gasteiger partial charge in [0.25, 0.3) is 0 Å². The molecule has 0 rings (SSSR count). The van der Waals surface area contributed by atoms with Gasteiger partial charge < -0.3 is 10.1 Å². The second kappa shape index (κ2) is 6.41. The van der Waals surface area contributed by atoms with E-state index in [-0.39, 0.29) is 12.0 Å². The third kappa shape index (κ3) is 6.92. The number of carbonyl (C=O) groups is 1. The zero-order valence-corrected chi connectivity index (χ0v) is 9.96. The Balaban J connectivity index is 3.73. The highest BCUT2D eigenvalue weighted by atomic mass is 16.5. The van der Waals surface area contributed by atoms with E-state index in [4.69, 9.17) is 10.00 Å². The van der Waals surface area contributed by atoms with Crippen LogP contribution in [-0.4, -0.2) is 25.7 Å². The van der Waals surface area contributed by atoms with E-state index in [2.05, 4.69) is 11.4 Å². The summed E-state index contributed by atoms with van der Waals surface area (Å²) in [5.74, 6) is -0.0257. The Morgan fingerprint density at radius 2 is 2.20 bits per heavy atom. The predicted octanol–water partition coefficient (Wildman–Crippen LogP) is 1.47. The molecule has 0 aliphatic heterocycles. The molecule has 0 fully saturated rings. The smallest absolute Gasteiger partial charge is 0.220 e. The Morgan fingerprint density at radius 3 is 2.67 bits per heavy atom. The van der Waals surface area contributed by atoms with Gasteiger partial charge in [-0.2, -0.15) is 5.26 Å². The van der Waals surface area contributed by atoms with E-state index in [1.165, 1.54) is 0 Å². The van der Waals surface area contributed by atoms with Crippen molar-refractivity contribution in [3.05, 3.63) is 0 Å². The maximum Gasteiger partial charge on any atom is 0.220 e. The average Bonchev–Trinajstić information content (AvgIpc) is 2.23. The van der Waals surface area contributed by atoms with Crippen molar-refractivity contribution in [2.75, 3.05) is 13.7 Å². The highest BCUT2D eigenvalue weighted by molar-refractivity contribution is 5.75. The SMILES string of the molecule is COC(C)CCC(=O)NCC(C)(C)C#N. The summed E-state index contributed by atoms with van der Waals surface area (Å²) in [6, 6.07) is 2.13. The number of nitriles is 1. The number of amides is 1. The molecule has 15 heavy (non-hydrogen) atoms. The normalized spacial score (nSPS) is 13.0. The van der Waals surface area contributed by atoms with Gasteiger partial charge in [-0.15, -0.1) is 0 Å². The fourth-order valence-electron chi connectivity index (χ4n) is 0.900. The lowest BCUT2D eigenvalue weighted by molar-refractivity contribution is -0.122. The third-order valence-electron chi connectivity index (χ3n) is 2.21. The van der Waals surface area contributed by atoms with E-state index >= 15 is 0 Å². The maximum atomic E-state index is 11.3. The van der Waals surface area contributed by atoms with E-state index in [1.54, 1.807) is 21.0 Å². The third-order valence-corrected chi connectivity index (χ3v) is 2.21. The van der Waals surface area contributed by atoms with Gasteiger partial charge in [-0.3, -0.25) is 4.79 Å². The Bertz CT molecular complexity index is 243. The van der Waals surface area contributed by atoms with Crippen LogP contribution in [0.5, 0.6) is 0 Å². The molecule has 0 saturated heterocycles. The molecule has 1 amide bonds. The summed E-state index contributed by atoms with van der Waals surface area (Å²) in [5, 5.41) is 11.5. The molecule has 0 heterocycles. The van der Waals surface area contributed by atoms with Crippen LogP contribution in [0, 0.1) is 16.7 Å².